The third-order valence-electron chi connectivity index (χ3n) is 3.26. The van der Waals surface area contributed by atoms with Crippen molar-refractivity contribution in [3.63, 3.8) is 0 Å². The number of hydrogen-bond donors (Lipinski definition) is 1. The fraction of sp³-hybridized carbons (Fsp3) is 0.778. The van der Waals surface area contributed by atoms with Gasteiger partial charge in [0.05, 0.1) is 5.54 Å². The Hall–Kier alpha value is -0.900. The Bertz CT molecular complexity index is 319. The molecular formula is C9H14N4. The first kappa shape index (κ1) is 7.50. The van der Waals surface area contributed by atoms with E-state index in [1.165, 1.54) is 25.7 Å². The first-order valence-electron chi connectivity index (χ1n) is 4.92. The number of nitrogens with one attached hydrogen (secondary N) is 1. The van der Waals surface area contributed by atoms with Gasteiger partial charge >= 0.3 is 0 Å². The van der Waals surface area contributed by atoms with Crippen molar-refractivity contribution in [2.75, 3.05) is 0 Å². The molecule has 1 N–H and O–H groups in total. The van der Waals surface area contributed by atoms with Crippen LogP contribution >= 0.6 is 0 Å². The molecule has 3 fully saturated rings. The average molecular weight is 178 g/mol. The lowest BCUT2D eigenvalue weighted by Gasteiger charge is -2.52. The Morgan fingerprint density at radius 1 is 1.69 bits per heavy atom. The van der Waals surface area contributed by atoms with Crippen molar-refractivity contribution in [1.29, 1.82) is 0 Å². The largest absolute Gasteiger partial charge is 0.302 e. The second kappa shape index (κ2) is 2.32. The topological polar surface area (TPSA) is 42.7 Å². The fourth-order valence-corrected chi connectivity index (χ4v) is 2.62. The zero-order valence-corrected chi connectivity index (χ0v) is 7.82. The number of nitrogens with zero attached hydrogens (tertiary/aromatic N) is 3. The van der Waals surface area contributed by atoms with Crippen LogP contribution in [0, 0.1) is 0 Å². The maximum absolute atomic E-state index is 4.39. The molecule has 4 heteroatoms. The summed E-state index contributed by atoms with van der Waals surface area (Å²) >= 11 is 0. The monoisotopic (exact) mass is 178 g/mol. The third kappa shape index (κ3) is 0.950. The third-order valence-corrected chi connectivity index (χ3v) is 3.26. The normalized spacial score (nSPS) is 37.2. The first-order chi connectivity index (χ1) is 6.28. The van der Waals surface area contributed by atoms with Crippen LogP contribution in [0.2, 0.25) is 0 Å². The molecule has 13 heavy (non-hydrogen) atoms. The van der Waals surface area contributed by atoms with Gasteiger partial charge in [0.2, 0.25) is 0 Å². The molecule has 1 saturated carbocycles. The van der Waals surface area contributed by atoms with Gasteiger partial charge in [-0.3, -0.25) is 4.68 Å². The summed E-state index contributed by atoms with van der Waals surface area (Å²) in [6.45, 7) is 0. The summed E-state index contributed by atoms with van der Waals surface area (Å²) in [5.74, 6) is 0.992. The van der Waals surface area contributed by atoms with Crippen molar-refractivity contribution >= 4 is 0 Å². The minimum atomic E-state index is 0.143. The van der Waals surface area contributed by atoms with Gasteiger partial charge in [-0.1, -0.05) is 0 Å². The highest BCUT2D eigenvalue weighted by molar-refractivity contribution is 5.16. The summed E-state index contributed by atoms with van der Waals surface area (Å²) in [7, 11) is 1.92. The molecule has 2 atom stereocenters. The highest BCUT2D eigenvalue weighted by Crippen LogP contribution is 2.43. The highest BCUT2D eigenvalue weighted by Gasteiger charge is 2.50. The van der Waals surface area contributed by atoms with E-state index in [9.17, 15) is 0 Å². The van der Waals surface area contributed by atoms with Gasteiger partial charge in [-0.05, 0) is 25.7 Å². The summed E-state index contributed by atoms with van der Waals surface area (Å²) in [6.07, 6.45) is 6.86. The van der Waals surface area contributed by atoms with Crippen molar-refractivity contribution in [1.82, 2.24) is 20.1 Å². The molecule has 3 heterocycles. The predicted octanol–water partition coefficient (Wildman–Crippen LogP) is 0.556. The maximum Gasteiger partial charge on any atom is 0.170 e. The lowest BCUT2D eigenvalue weighted by Crippen LogP contribution is -2.64. The smallest absolute Gasteiger partial charge is 0.170 e. The summed E-state index contributed by atoms with van der Waals surface area (Å²) in [4.78, 5) is 4.34. The van der Waals surface area contributed by atoms with E-state index in [2.05, 4.69) is 15.4 Å². The van der Waals surface area contributed by atoms with Gasteiger partial charge < -0.3 is 5.32 Å². The van der Waals surface area contributed by atoms with Crippen LogP contribution in [-0.4, -0.2) is 20.8 Å². The Morgan fingerprint density at radius 3 is 3.08 bits per heavy atom. The van der Waals surface area contributed by atoms with Crippen molar-refractivity contribution in [3.05, 3.63) is 12.2 Å². The Morgan fingerprint density at radius 2 is 2.54 bits per heavy atom. The van der Waals surface area contributed by atoms with Crippen LogP contribution < -0.4 is 5.32 Å². The molecule has 1 aliphatic carbocycles. The lowest BCUT2D eigenvalue weighted by molar-refractivity contribution is 0.0605. The number of aromatic nitrogens is 3. The Balaban J connectivity index is 1.92. The van der Waals surface area contributed by atoms with Crippen LogP contribution in [0.3, 0.4) is 0 Å². The number of rotatable bonds is 1. The molecule has 0 aromatic carbocycles. The molecule has 0 amide bonds. The van der Waals surface area contributed by atoms with Crippen LogP contribution in [0.1, 0.15) is 31.5 Å². The number of piperidine rings is 1. The van der Waals surface area contributed by atoms with Crippen LogP contribution in [-0.2, 0) is 12.6 Å². The van der Waals surface area contributed by atoms with E-state index in [1.54, 1.807) is 11.0 Å². The van der Waals surface area contributed by atoms with Crippen LogP contribution in [0.25, 0.3) is 0 Å². The molecule has 0 spiro atoms. The predicted molar refractivity (Wildman–Crippen MR) is 48.1 cm³/mol. The number of hydrogen-bond acceptors (Lipinski definition) is 3. The molecular weight excluding hydrogens is 164 g/mol. The molecule has 2 bridgehead atoms. The van der Waals surface area contributed by atoms with Crippen molar-refractivity contribution in [2.45, 2.75) is 37.3 Å². The van der Waals surface area contributed by atoms with Gasteiger partial charge in [-0.25, -0.2) is 4.98 Å². The van der Waals surface area contributed by atoms with Crippen molar-refractivity contribution in [2.24, 2.45) is 7.05 Å². The maximum atomic E-state index is 4.39. The minimum Gasteiger partial charge on any atom is -0.302 e. The second-order valence-electron chi connectivity index (χ2n) is 4.26. The average Bonchev–Trinajstić information content (AvgIpc) is 2.52. The highest BCUT2D eigenvalue weighted by atomic mass is 15.3. The van der Waals surface area contributed by atoms with Crippen molar-refractivity contribution in [3.8, 4) is 0 Å². The van der Waals surface area contributed by atoms with E-state index >= 15 is 0 Å². The van der Waals surface area contributed by atoms with Gasteiger partial charge in [0.15, 0.2) is 5.82 Å². The quantitative estimate of drug-likeness (QED) is 0.683. The molecule has 4 rings (SSSR count). The van der Waals surface area contributed by atoms with Crippen LogP contribution in [0.5, 0.6) is 0 Å². The van der Waals surface area contributed by atoms with Crippen molar-refractivity contribution < 1.29 is 0 Å². The molecule has 70 valence electrons. The van der Waals surface area contributed by atoms with Gasteiger partial charge in [0, 0.05) is 13.1 Å². The molecule has 3 aliphatic rings. The Labute approximate surface area is 77.4 Å². The van der Waals surface area contributed by atoms with Gasteiger partial charge in [-0.15, -0.1) is 0 Å². The summed E-state index contributed by atoms with van der Waals surface area (Å²) in [6, 6.07) is 0.734. The molecule has 2 unspecified atom stereocenters. The van der Waals surface area contributed by atoms with Crippen LogP contribution in [0.4, 0.5) is 0 Å². The number of fused-ring (bicyclic) bond motifs is 2. The molecule has 0 radical (unpaired) electrons. The molecule has 1 aromatic heterocycles. The van der Waals surface area contributed by atoms with E-state index in [1.807, 2.05) is 7.05 Å². The molecule has 2 saturated heterocycles. The molecule has 2 aliphatic heterocycles. The Kier molecular flexibility index (Phi) is 1.34. The standard InChI is InChI=1S/C9H14N4/c1-13-6-10-8(12-13)9-4-2-3-7(5-9)11-9/h6-7,11H,2-5H2,1H3. The summed E-state index contributed by atoms with van der Waals surface area (Å²) < 4.78 is 1.79. The van der Waals surface area contributed by atoms with E-state index in [4.69, 9.17) is 0 Å². The number of aryl methyl sites for hydroxylation is 1. The summed E-state index contributed by atoms with van der Waals surface area (Å²) in [5, 5.41) is 7.97. The zero-order valence-electron chi connectivity index (χ0n) is 7.82. The van der Waals surface area contributed by atoms with Gasteiger partial charge in [0.1, 0.15) is 6.33 Å². The molecule has 1 aromatic rings. The lowest BCUT2D eigenvalue weighted by atomic mass is 9.70. The molecule has 4 nitrogen and oxygen atoms in total. The van der Waals surface area contributed by atoms with E-state index in [-0.39, 0.29) is 5.54 Å². The first-order valence-corrected chi connectivity index (χ1v) is 4.92. The van der Waals surface area contributed by atoms with E-state index in [0.29, 0.717) is 0 Å². The van der Waals surface area contributed by atoms with Crippen LogP contribution in [0.15, 0.2) is 6.33 Å². The minimum absolute atomic E-state index is 0.143. The van der Waals surface area contributed by atoms with E-state index < -0.39 is 0 Å². The van der Waals surface area contributed by atoms with Gasteiger partial charge in [0.25, 0.3) is 0 Å². The SMILES string of the molecule is Cn1cnc(C23CCCC(C2)N3)n1. The second-order valence-corrected chi connectivity index (χ2v) is 4.26. The fourth-order valence-electron chi connectivity index (χ4n) is 2.62. The van der Waals surface area contributed by atoms with E-state index in [0.717, 1.165) is 11.9 Å². The summed E-state index contributed by atoms with van der Waals surface area (Å²) in [5.41, 5.74) is 0.143. The zero-order chi connectivity index (χ0) is 8.89. The van der Waals surface area contributed by atoms with Gasteiger partial charge in [-0.2, -0.15) is 5.10 Å².